The third kappa shape index (κ3) is 2.23. The Morgan fingerprint density at radius 1 is 1.25 bits per heavy atom. The fourth-order valence-corrected chi connectivity index (χ4v) is 2.50. The van der Waals surface area contributed by atoms with Gasteiger partial charge in [-0.05, 0) is 12.8 Å². The van der Waals surface area contributed by atoms with Crippen molar-refractivity contribution in [3.63, 3.8) is 0 Å². The molecule has 3 heterocycles. The van der Waals surface area contributed by atoms with Gasteiger partial charge in [0.15, 0.2) is 5.65 Å². The van der Waals surface area contributed by atoms with Crippen molar-refractivity contribution in [3.05, 3.63) is 6.20 Å². The predicted molar refractivity (Wildman–Crippen MR) is 67.1 cm³/mol. The highest BCUT2D eigenvalue weighted by Gasteiger charge is 2.41. The van der Waals surface area contributed by atoms with Crippen LogP contribution in [-0.2, 0) is 0 Å². The number of halogens is 3. The summed E-state index contributed by atoms with van der Waals surface area (Å²) in [4.78, 5) is 9.93. The fraction of sp³-hybridized carbons (Fsp3) is 0.545. The number of rotatable bonds is 1. The van der Waals surface area contributed by atoms with E-state index >= 15 is 0 Å². The van der Waals surface area contributed by atoms with Gasteiger partial charge in [0.25, 0.3) is 0 Å². The van der Waals surface area contributed by atoms with Crippen LogP contribution in [0, 0.1) is 5.92 Å². The highest BCUT2D eigenvalue weighted by Crippen LogP contribution is 2.36. The molecule has 6 nitrogen and oxygen atoms in total. The number of piperidine rings is 1. The van der Waals surface area contributed by atoms with Crippen LogP contribution in [0.5, 0.6) is 0 Å². The van der Waals surface area contributed by atoms with Crippen LogP contribution in [0.4, 0.5) is 24.9 Å². The Bertz CT molecular complexity index is 614. The Morgan fingerprint density at radius 3 is 2.60 bits per heavy atom. The first-order valence-corrected chi connectivity index (χ1v) is 6.23. The maximum absolute atomic E-state index is 12.7. The molecule has 0 radical (unpaired) electrons. The average molecular weight is 286 g/mol. The van der Waals surface area contributed by atoms with Gasteiger partial charge in [-0.15, -0.1) is 0 Å². The van der Waals surface area contributed by atoms with Crippen LogP contribution in [0.2, 0.25) is 0 Å². The highest BCUT2D eigenvalue weighted by molar-refractivity contribution is 5.87. The van der Waals surface area contributed by atoms with Gasteiger partial charge in [-0.25, -0.2) is 0 Å². The molecule has 0 saturated carbocycles. The summed E-state index contributed by atoms with van der Waals surface area (Å²) in [5, 5.41) is 7.22. The second-order valence-corrected chi connectivity index (χ2v) is 4.84. The van der Waals surface area contributed by atoms with Gasteiger partial charge in [-0.1, -0.05) is 0 Å². The molecule has 1 fully saturated rings. The predicted octanol–water partition coefficient (Wildman–Crippen LogP) is 1.71. The number of nitrogens with two attached hydrogens (primary N) is 1. The lowest BCUT2D eigenvalue weighted by molar-refractivity contribution is -0.179. The molecule has 3 N–H and O–H groups in total. The van der Waals surface area contributed by atoms with Crippen molar-refractivity contribution in [3.8, 4) is 0 Å². The number of fused-ring (bicyclic) bond motifs is 1. The molecule has 9 heteroatoms. The third-order valence-corrected chi connectivity index (χ3v) is 3.56. The van der Waals surface area contributed by atoms with Gasteiger partial charge in [-0.3, -0.25) is 5.10 Å². The van der Waals surface area contributed by atoms with Crippen LogP contribution in [0.25, 0.3) is 11.0 Å². The Labute approximate surface area is 112 Å². The largest absolute Gasteiger partial charge is 0.391 e. The first-order chi connectivity index (χ1) is 9.45. The van der Waals surface area contributed by atoms with E-state index in [1.807, 2.05) is 0 Å². The first-order valence-electron chi connectivity index (χ1n) is 6.23. The number of aromatic nitrogens is 4. The molecule has 0 aliphatic carbocycles. The van der Waals surface area contributed by atoms with Gasteiger partial charge in [0.2, 0.25) is 5.95 Å². The van der Waals surface area contributed by atoms with E-state index in [4.69, 9.17) is 5.73 Å². The van der Waals surface area contributed by atoms with Crippen LogP contribution in [-0.4, -0.2) is 39.4 Å². The van der Waals surface area contributed by atoms with Gasteiger partial charge in [0.1, 0.15) is 5.82 Å². The number of nitrogens with one attached hydrogen (secondary N) is 1. The summed E-state index contributed by atoms with van der Waals surface area (Å²) in [6.45, 7) is 0.585. The second kappa shape index (κ2) is 4.50. The van der Waals surface area contributed by atoms with Gasteiger partial charge >= 0.3 is 6.18 Å². The Kier molecular flexibility index (Phi) is 2.91. The van der Waals surface area contributed by atoms with E-state index < -0.39 is 12.1 Å². The molecule has 1 aliphatic heterocycles. The van der Waals surface area contributed by atoms with Crippen LogP contribution < -0.4 is 10.6 Å². The maximum atomic E-state index is 12.7. The highest BCUT2D eigenvalue weighted by atomic mass is 19.4. The standard InChI is InChI=1S/C11H13F3N6/c12-11(13,14)6-1-3-20(4-2-6)9-7-5-16-19-8(7)17-10(15)18-9/h5-6H,1-4H2,(H3,15,16,17,18,19). The maximum Gasteiger partial charge on any atom is 0.391 e. The second-order valence-electron chi connectivity index (χ2n) is 4.84. The summed E-state index contributed by atoms with van der Waals surface area (Å²) < 4.78 is 38.0. The van der Waals surface area contributed by atoms with E-state index in [2.05, 4.69) is 20.2 Å². The first kappa shape index (κ1) is 12.9. The van der Waals surface area contributed by atoms with Crippen LogP contribution in [0.1, 0.15) is 12.8 Å². The van der Waals surface area contributed by atoms with E-state index in [1.165, 1.54) is 0 Å². The molecule has 1 saturated heterocycles. The number of hydrogen-bond acceptors (Lipinski definition) is 5. The molecule has 20 heavy (non-hydrogen) atoms. The lowest BCUT2D eigenvalue weighted by atomic mass is 9.96. The Hall–Kier alpha value is -2.06. The summed E-state index contributed by atoms with van der Waals surface area (Å²) in [6.07, 6.45) is -2.44. The number of alkyl halides is 3. The van der Waals surface area contributed by atoms with Crippen molar-refractivity contribution in [1.82, 2.24) is 20.2 Å². The van der Waals surface area contributed by atoms with E-state index in [0.29, 0.717) is 29.9 Å². The zero-order valence-electron chi connectivity index (χ0n) is 10.5. The zero-order valence-corrected chi connectivity index (χ0v) is 10.5. The topological polar surface area (TPSA) is 83.7 Å². The van der Waals surface area contributed by atoms with Gasteiger partial charge in [0, 0.05) is 13.1 Å². The minimum Gasteiger partial charge on any atom is -0.368 e. The van der Waals surface area contributed by atoms with Crippen molar-refractivity contribution < 1.29 is 13.2 Å². The third-order valence-electron chi connectivity index (χ3n) is 3.56. The summed E-state index contributed by atoms with van der Waals surface area (Å²) >= 11 is 0. The number of hydrogen-bond donors (Lipinski definition) is 2. The number of nitrogen functional groups attached to an aromatic ring is 1. The molecule has 2 aromatic rings. The number of anilines is 2. The number of aromatic amines is 1. The van der Waals surface area contributed by atoms with Crippen molar-refractivity contribution >= 4 is 22.8 Å². The Balaban J connectivity index is 1.85. The van der Waals surface area contributed by atoms with E-state index in [1.54, 1.807) is 11.1 Å². The quantitative estimate of drug-likeness (QED) is 0.833. The molecule has 2 aromatic heterocycles. The van der Waals surface area contributed by atoms with Crippen molar-refractivity contribution in [2.75, 3.05) is 23.7 Å². The molecular weight excluding hydrogens is 273 g/mol. The monoisotopic (exact) mass is 286 g/mol. The lowest BCUT2D eigenvalue weighted by Gasteiger charge is -2.33. The van der Waals surface area contributed by atoms with Crippen molar-refractivity contribution in [2.24, 2.45) is 5.92 Å². The van der Waals surface area contributed by atoms with Crippen molar-refractivity contribution in [2.45, 2.75) is 19.0 Å². The fourth-order valence-electron chi connectivity index (χ4n) is 2.50. The molecule has 108 valence electrons. The SMILES string of the molecule is Nc1nc(N2CCC(C(F)(F)F)CC2)c2cn[nH]c2n1. The molecule has 0 bridgehead atoms. The number of nitrogens with zero attached hydrogens (tertiary/aromatic N) is 4. The van der Waals surface area contributed by atoms with E-state index in [9.17, 15) is 13.2 Å². The van der Waals surface area contributed by atoms with E-state index in [0.717, 1.165) is 0 Å². The molecule has 0 amide bonds. The molecule has 3 rings (SSSR count). The summed E-state index contributed by atoms with van der Waals surface area (Å²) in [5.74, 6) is -0.616. The Morgan fingerprint density at radius 2 is 1.95 bits per heavy atom. The summed E-state index contributed by atoms with van der Waals surface area (Å²) in [5.41, 5.74) is 6.10. The average Bonchev–Trinajstić information content (AvgIpc) is 2.85. The minimum absolute atomic E-state index is 0.0623. The van der Waals surface area contributed by atoms with Crippen LogP contribution in [0.3, 0.4) is 0 Å². The lowest BCUT2D eigenvalue weighted by Crippen LogP contribution is -2.39. The summed E-state index contributed by atoms with van der Waals surface area (Å²) in [6, 6.07) is 0. The van der Waals surface area contributed by atoms with E-state index in [-0.39, 0.29) is 18.8 Å². The van der Waals surface area contributed by atoms with Gasteiger partial charge in [-0.2, -0.15) is 28.2 Å². The minimum atomic E-state index is -4.12. The normalized spacial score (nSPS) is 17.9. The van der Waals surface area contributed by atoms with Crippen LogP contribution in [0.15, 0.2) is 6.20 Å². The smallest absolute Gasteiger partial charge is 0.368 e. The summed E-state index contributed by atoms with van der Waals surface area (Å²) in [7, 11) is 0. The molecule has 0 unspecified atom stereocenters. The van der Waals surface area contributed by atoms with Crippen LogP contribution >= 0.6 is 0 Å². The van der Waals surface area contributed by atoms with Crippen molar-refractivity contribution in [1.29, 1.82) is 0 Å². The molecular formula is C11H13F3N6. The molecule has 1 aliphatic rings. The zero-order chi connectivity index (χ0) is 14.3. The van der Waals surface area contributed by atoms with Gasteiger partial charge in [0.05, 0.1) is 17.5 Å². The molecule has 0 aromatic carbocycles. The van der Waals surface area contributed by atoms with Gasteiger partial charge < -0.3 is 10.6 Å². The molecule has 0 atom stereocenters. The number of H-pyrrole nitrogens is 1. The molecule has 0 spiro atoms.